The first-order valence-corrected chi connectivity index (χ1v) is 8.17. The van der Waals surface area contributed by atoms with Crippen molar-refractivity contribution in [2.45, 2.75) is 25.2 Å². The van der Waals surface area contributed by atoms with E-state index >= 15 is 0 Å². The second-order valence-electron chi connectivity index (χ2n) is 6.19. The summed E-state index contributed by atoms with van der Waals surface area (Å²) in [5.74, 6) is 0.493. The summed E-state index contributed by atoms with van der Waals surface area (Å²) in [6.45, 7) is 1.36. The smallest absolute Gasteiger partial charge is 0.322 e. The zero-order valence-electron chi connectivity index (χ0n) is 14.0. The van der Waals surface area contributed by atoms with Gasteiger partial charge in [-0.1, -0.05) is 6.07 Å². The molecule has 2 aromatic heterocycles. The van der Waals surface area contributed by atoms with Crippen LogP contribution in [0.2, 0.25) is 0 Å². The van der Waals surface area contributed by atoms with E-state index in [0.29, 0.717) is 31.9 Å². The molecule has 132 valence electrons. The third-order valence-electron chi connectivity index (χ3n) is 4.21. The van der Waals surface area contributed by atoms with Crippen molar-refractivity contribution >= 4 is 11.8 Å². The van der Waals surface area contributed by atoms with Gasteiger partial charge in [0.05, 0.1) is 0 Å². The summed E-state index contributed by atoms with van der Waals surface area (Å²) >= 11 is 0. The minimum absolute atomic E-state index is 0.0466. The van der Waals surface area contributed by atoms with Gasteiger partial charge in [-0.2, -0.15) is 0 Å². The molecular formula is C17H21FN6O. The molecule has 3 rings (SSSR count). The van der Waals surface area contributed by atoms with Gasteiger partial charge in [-0.3, -0.25) is 10.2 Å². The first kappa shape index (κ1) is 17.2. The van der Waals surface area contributed by atoms with E-state index in [0.717, 1.165) is 5.56 Å². The maximum Gasteiger partial charge on any atom is 0.322 e. The molecule has 3 heterocycles. The summed E-state index contributed by atoms with van der Waals surface area (Å²) < 4.78 is 13.9. The zero-order valence-corrected chi connectivity index (χ0v) is 14.0. The Kier molecular flexibility index (Phi) is 5.49. The first-order chi connectivity index (χ1) is 12.1. The Hall–Kier alpha value is -2.61. The lowest BCUT2D eigenvalue weighted by molar-refractivity contribution is 0.182. The third kappa shape index (κ3) is 4.69. The monoisotopic (exact) mass is 344 g/mol. The molecule has 2 aromatic rings. The molecule has 2 amide bonds. The van der Waals surface area contributed by atoms with E-state index in [2.05, 4.69) is 20.3 Å². The number of likely N-dealkylation sites (N-methyl/N-ethyl adjacent to an activating group) is 1. The van der Waals surface area contributed by atoms with Gasteiger partial charge in [0.1, 0.15) is 18.3 Å². The molecule has 0 spiro atoms. The summed E-state index contributed by atoms with van der Waals surface area (Å²) in [4.78, 5) is 27.9. The van der Waals surface area contributed by atoms with Crippen LogP contribution in [0, 0.1) is 0 Å². The van der Waals surface area contributed by atoms with Gasteiger partial charge in [0, 0.05) is 56.9 Å². The van der Waals surface area contributed by atoms with Crippen LogP contribution in [-0.2, 0) is 6.54 Å². The lowest BCUT2D eigenvalue weighted by Crippen LogP contribution is -2.42. The number of rotatable bonds is 5. The molecule has 0 radical (unpaired) electrons. The highest BCUT2D eigenvalue weighted by Gasteiger charge is 2.33. The lowest BCUT2D eigenvalue weighted by atomic mass is 10.2. The number of nitrogens with one attached hydrogen (secondary N) is 1. The molecule has 1 aliphatic rings. The van der Waals surface area contributed by atoms with Crippen molar-refractivity contribution in [3.63, 3.8) is 0 Å². The Morgan fingerprint density at radius 3 is 2.92 bits per heavy atom. The average molecular weight is 344 g/mol. The number of likely N-dealkylation sites (tertiary alicyclic amines) is 1. The van der Waals surface area contributed by atoms with Gasteiger partial charge in [-0.15, -0.1) is 0 Å². The molecule has 7 nitrogen and oxygen atoms in total. The van der Waals surface area contributed by atoms with Crippen LogP contribution in [-0.4, -0.2) is 63.1 Å². The number of hydrogen-bond acceptors (Lipinski definition) is 5. The van der Waals surface area contributed by atoms with Crippen LogP contribution in [0.3, 0.4) is 0 Å². The van der Waals surface area contributed by atoms with Crippen molar-refractivity contribution in [2.24, 2.45) is 0 Å². The quantitative estimate of drug-likeness (QED) is 0.897. The molecule has 25 heavy (non-hydrogen) atoms. The number of carbonyl (C=O) groups excluding carboxylic acids is 1. The number of alkyl halides is 1. The molecule has 1 N–H and O–H groups in total. The number of urea groups is 1. The number of amides is 2. The lowest BCUT2D eigenvalue weighted by Gasteiger charge is -2.28. The van der Waals surface area contributed by atoms with Crippen LogP contribution in [0.1, 0.15) is 12.0 Å². The van der Waals surface area contributed by atoms with Gasteiger partial charge in [-0.05, 0) is 18.6 Å². The largest absolute Gasteiger partial charge is 0.326 e. The predicted molar refractivity (Wildman–Crippen MR) is 91.6 cm³/mol. The van der Waals surface area contributed by atoms with Crippen molar-refractivity contribution in [3.8, 4) is 0 Å². The standard InChI is InChI=1S/C17H21FN6O/c1-23(17(25)22-16-4-2-3-5-21-16)11-15-6-14(18)10-24(15)9-13-7-19-12-20-8-13/h2-5,7-8,12,14-15H,6,9-11H2,1H3,(H,21,22,25)/t14-,15-/m0/s1. The second-order valence-corrected chi connectivity index (χ2v) is 6.19. The average Bonchev–Trinajstić information content (AvgIpc) is 2.95. The molecule has 8 heteroatoms. The molecule has 1 aliphatic heterocycles. The van der Waals surface area contributed by atoms with E-state index in [1.165, 1.54) is 6.33 Å². The normalized spacial score (nSPS) is 20.4. The fraction of sp³-hybridized carbons (Fsp3) is 0.412. The molecule has 0 unspecified atom stereocenters. The molecule has 0 aliphatic carbocycles. The van der Waals surface area contributed by atoms with Crippen molar-refractivity contribution in [1.82, 2.24) is 24.8 Å². The van der Waals surface area contributed by atoms with Gasteiger partial charge >= 0.3 is 6.03 Å². The van der Waals surface area contributed by atoms with Crippen molar-refractivity contribution in [1.29, 1.82) is 0 Å². The van der Waals surface area contributed by atoms with Gasteiger partial charge in [-0.25, -0.2) is 24.1 Å². The van der Waals surface area contributed by atoms with Gasteiger partial charge < -0.3 is 4.90 Å². The number of anilines is 1. The van der Waals surface area contributed by atoms with Crippen LogP contribution in [0.4, 0.5) is 15.0 Å². The van der Waals surface area contributed by atoms with Gasteiger partial charge in [0.15, 0.2) is 0 Å². The fourth-order valence-electron chi connectivity index (χ4n) is 2.99. The van der Waals surface area contributed by atoms with Crippen LogP contribution in [0.5, 0.6) is 0 Å². The van der Waals surface area contributed by atoms with E-state index in [1.807, 2.05) is 4.90 Å². The summed E-state index contributed by atoms with van der Waals surface area (Å²) in [6.07, 6.45) is 6.07. The summed E-state index contributed by atoms with van der Waals surface area (Å²) in [5.41, 5.74) is 0.933. The Balaban J connectivity index is 1.58. The Labute approximate surface area is 145 Å². The maximum atomic E-state index is 13.9. The summed E-state index contributed by atoms with van der Waals surface area (Å²) in [7, 11) is 1.70. The van der Waals surface area contributed by atoms with E-state index < -0.39 is 6.17 Å². The minimum Gasteiger partial charge on any atom is -0.326 e. The van der Waals surface area contributed by atoms with E-state index in [4.69, 9.17) is 0 Å². The highest BCUT2D eigenvalue weighted by atomic mass is 19.1. The zero-order chi connectivity index (χ0) is 17.6. The Bertz CT molecular complexity index is 686. The molecule has 1 fully saturated rings. The molecule has 1 saturated heterocycles. The Morgan fingerprint density at radius 1 is 1.40 bits per heavy atom. The number of hydrogen-bond donors (Lipinski definition) is 1. The van der Waals surface area contributed by atoms with Crippen LogP contribution >= 0.6 is 0 Å². The summed E-state index contributed by atoms with van der Waals surface area (Å²) in [6, 6.07) is 5.00. The summed E-state index contributed by atoms with van der Waals surface area (Å²) in [5, 5.41) is 2.73. The Morgan fingerprint density at radius 2 is 2.20 bits per heavy atom. The van der Waals surface area contributed by atoms with Crippen LogP contribution in [0.25, 0.3) is 0 Å². The number of halogens is 1. The second kappa shape index (κ2) is 7.98. The van der Waals surface area contributed by atoms with E-state index in [9.17, 15) is 9.18 Å². The highest BCUT2D eigenvalue weighted by molar-refractivity contribution is 5.88. The maximum absolute atomic E-state index is 13.9. The topological polar surface area (TPSA) is 74.2 Å². The van der Waals surface area contributed by atoms with Gasteiger partial charge in [0.25, 0.3) is 0 Å². The first-order valence-electron chi connectivity index (χ1n) is 8.17. The molecule has 0 saturated carbocycles. The number of pyridine rings is 1. The van der Waals surface area contributed by atoms with E-state index in [-0.39, 0.29) is 12.1 Å². The van der Waals surface area contributed by atoms with Crippen molar-refractivity contribution in [2.75, 3.05) is 25.5 Å². The molecule has 2 atom stereocenters. The molecule has 0 bridgehead atoms. The van der Waals surface area contributed by atoms with Crippen LogP contribution in [0.15, 0.2) is 43.1 Å². The van der Waals surface area contributed by atoms with Crippen LogP contribution < -0.4 is 5.32 Å². The molecule has 0 aromatic carbocycles. The number of carbonyl (C=O) groups is 1. The van der Waals surface area contributed by atoms with Crippen molar-refractivity contribution in [3.05, 3.63) is 48.7 Å². The minimum atomic E-state index is -0.887. The number of nitrogens with zero attached hydrogens (tertiary/aromatic N) is 5. The van der Waals surface area contributed by atoms with Gasteiger partial charge in [0.2, 0.25) is 0 Å². The van der Waals surface area contributed by atoms with E-state index in [1.54, 1.807) is 48.7 Å². The SMILES string of the molecule is CN(C[C@@H]1C[C@H](F)CN1Cc1cncnc1)C(=O)Nc1ccccn1. The number of aromatic nitrogens is 3. The highest BCUT2D eigenvalue weighted by Crippen LogP contribution is 2.23. The van der Waals surface area contributed by atoms with Crippen molar-refractivity contribution < 1.29 is 9.18 Å². The third-order valence-corrected chi connectivity index (χ3v) is 4.21. The fourth-order valence-corrected chi connectivity index (χ4v) is 2.99. The molecular weight excluding hydrogens is 323 g/mol. The predicted octanol–water partition coefficient (Wildman–Crippen LogP) is 1.95.